The molecule has 0 bridgehead atoms. The van der Waals surface area contributed by atoms with E-state index in [0.29, 0.717) is 0 Å². The van der Waals surface area contributed by atoms with Crippen LogP contribution in [0.3, 0.4) is 0 Å². The van der Waals surface area contributed by atoms with Crippen LogP contribution in [-0.4, -0.2) is 30.4 Å². The molecule has 2 aromatic carbocycles. The molecule has 0 aliphatic carbocycles. The molecule has 1 amide bonds. The molecule has 3 heteroatoms. The van der Waals surface area contributed by atoms with E-state index in [9.17, 15) is 4.79 Å². The van der Waals surface area contributed by atoms with Gasteiger partial charge in [0.15, 0.2) is 0 Å². The number of hydrogen-bond donors (Lipinski definition) is 0. The van der Waals surface area contributed by atoms with Crippen molar-refractivity contribution in [3.8, 4) is 0 Å². The van der Waals surface area contributed by atoms with Gasteiger partial charge in [0.1, 0.15) is 0 Å². The van der Waals surface area contributed by atoms with Gasteiger partial charge in [-0.05, 0) is 75.4 Å². The lowest BCUT2D eigenvalue weighted by molar-refractivity contribution is 0.0724. The molecule has 2 aromatic rings. The number of hydrogen-bond acceptors (Lipinski definition) is 2. The quantitative estimate of drug-likeness (QED) is 0.713. The zero-order chi connectivity index (χ0) is 18.5. The van der Waals surface area contributed by atoms with E-state index in [2.05, 4.69) is 62.1 Å². The van der Waals surface area contributed by atoms with E-state index in [-0.39, 0.29) is 5.91 Å². The fourth-order valence-electron chi connectivity index (χ4n) is 3.71. The number of carbonyl (C=O) groups excluding carboxylic acids is 1. The fraction of sp³-hybridized carbons (Fsp3) is 0.435. The maximum atomic E-state index is 12.8. The molecule has 0 atom stereocenters. The second kappa shape index (κ2) is 8.39. The second-order valence-corrected chi connectivity index (χ2v) is 7.34. The van der Waals surface area contributed by atoms with Crippen LogP contribution in [0.15, 0.2) is 42.5 Å². The molecule has 3 rings (SSSR count). The molecule has 0 aromatic heterocycles. The number of aryl methyl sites for hydroxylation is 2. The molecule has 0 saturated carbocycles. The fourth-order valence-corrected chi connectivity index (χ4v) is 3.71. The number of carbonyl (C=O) groups is 1. The Hall–Kier alpha value is -2.29. The summed E-state index contributed by atoms with van der Waals surface area (Å²) in [7, 11) is 0. The lowest BCUT2D eigenvalue weighted by atomic mass is 10.0. The summed E-state index contributed by atoms with van der Waals surface area (Å²) < 4.78 is 0. The molecule has 138 valence electrons. The van der Waals surface area contributed by atoms with E-state index < -0.39 is 0 Å². The Labute approximate surface area is 157 Å². The minimum Gasteiger partial charge on any atom is -0.341 e. The first-order valence-corrected chi connectivity index (χ1v) is 9.84. The number of piperidine rings is 1. The smallest absolute Gasteiger partial charge is 0.253 e. The zero-order valence-corrected chi connectivity index (χ0v) is 16.3. The first kappa shape index (κ1) is 18.5. The van der Waals surface area contributed by atoms with Gasteiger partial charge in [0, 0.05) is 36.6 Å². The van der Waals surface area contributed by atoms with Crippen LogP contribution in [0.2, 0.25) is 0 Å². The Bertz CT molecular complexity index is 745. The van der Waals surface area contributed by atoms with Gasteiger partial charge in [0.05, 0.1) is 0 Å². The SMILES string of the molecule is CCCN(c1ccc(C)cc1)c1ccc(C(=O)N2CCCCC2)cc1C. The highest BCUT2D eigenvalue weighted by molar-refractivity contribution is 5.95. The highest BCUT2D eigenvalue weighted by Crippen LogP contribution is 2.30. The van der Waals surface area contributed by atoms with E-state index in [1.165, 1.54) is 23.4 Å². The van der Waals surface area contributed by atoms with Crippen LogP contribution in [-0.2, 0) is 0 Å². The van der Waals surface area contributed by atoms with Crippen molar-refractivity contribution < 1.29 is 4.79 Å². The van der Waals surface area contributed by atoms with Gasteiger partial charge in [-0.2, -0.15) is 0 Å². The van der Waals surface area contributed by atoms with Crippen LogP contribution in [0, 0.1) is 13.8 Å². The Kier molecular flexibility index (Phi) is 5.97. The summed E-state index contributed by atoms with van der Waals surface area (Å²) in [5.41, 5.74) is 5.63. The monoisotopic (exact) mass is 350 g/mol. The molecule has 3 nitrogen and oxygen atoms in total. The number of nitrogens with zero attached hydrogens (tertiary/aromatic N) is 2. The summed E-state index contributed by atoms with van der Waals surface area (Å²) in [6, 6.07) is 14.8. The predicted octanol–water partition coefficient (Wildman–Crippen LogP) is 5.48. The summed E-state index contributed by atoms with van der Waals surface area (Å²) >= 11 is 0. The van der Waals surface area contributed by atoms with E-state index >= 15 is 0 Å². The summed E-state index contributed by atoms with van der Waals surface area (Å²) in [6.07, 6.45) is 4.56. The second-order valence-electron chi connectivity index (χ2n) is 7.34. The Balaban J connectivity index is 1.86. The van der Waals surface area contributed by atoms with Gasteiger partial charge in [0.25, 0.3) is 5.91 Å². The van der Waals surface area contributed by atoms with Crippen molar-refractivity contribution in [1.82, 2.24) is 4.90 Å². The molecule has 26 heavy (non-hydrogen) atoms. The first-order chi connectivity index (χ1) is 12.6. The third-order valence-electron chi connectivity index (χ3n) is 5.17. The predicted molar refractivity (Wildman–Crippen MR) is 109 cm³/mol. The van der Waals surface area contributed by atoms with Gasteiger partial charge in [-0.1, -0.05) is 24.6 Å². The van der Waals surface area contributed by atoms with Gasteiger partial charge < -0.3 is 9.80 Å². The van der Waals surface area contributed by atoms with Crippen molar-refractivity contribution in [2.45, 2.75) is 46.5 Å². The van der Waals surface area contributed by atoms with E-state index in [4.69, 9.17) is 0 Å². The minimum absolute atomic E-state index is 0.178. The molecular formula is C23H30N2O. The zero-order valence-electron chi connectivity index (χ0n) is 16.3. The van der Waals surface area contributed by atoms with E-state index in [1.54, 1.807) is 0 Å². The van der Waals surface area contributed by atoms with Crippen molar-refractivity contribution in [2.24, 2.45) is 0 Å². The largest absolute Gasteiger partial charge is 0.341 e. The third kappa shape index (κ3) is 4.09. The highest BCUT2D eigenvalue weighted by atomic mass is 16.2. The molecule has 0 radical (unpaired) electrons. The number of benzene rings is 2. The van der Waals surface area contributed by atoms with Gasteiger partial charge in [0.2, 0.25) is 0 Å². The summed E-state index contributed by atoms with van der Waals surface area (Å²) in [6.45, 7) is 9.17. The molecule has 1 fully saturated rings. The summed E-state index contributed by atoms with van der Waals surface area (Å²) in [5, 5.41) is 0. The minimum atomic E-state index is 0.178. The average Bonchev–Trinajstić information content (AvgIpc) is 2.67. The van der Waals surface area contributed by atoms with Crippen LogP contribution < -0.4 is 4.90 Å². The molecule has 0 N–H and O–H groups in total. The molecular weight excluding hydrogens is 320 g/mol. The lowest BCUT2D eigenvalue weighted by Gasteiger charge is -2.29. The van der Waals surface area contributed by atoms with Crippen molar-refractivity contribution >= 4 is 17.3 Å². The van der Waals surface area contributed by atoms with Crippen LogP contribution in [0.1, 0.15) is 54.1 Å². The van der Waals surface area contributed by atoms with E-state index in [1.807, 2.05) is 11.0 Å². The van der Waals surface area contributed by atoms with Gasteiger partial charge in [-0.25, -0.2) is 0 Å². The molecule has 1 aliphatic rings. The number of rotatable bonds is 5. The third-order valence-corrected chi connectivity index (χ3v) is 5.17. The number of amides is 1. The summed E-state index contributed by atoms with van der Waals surface area (Å²) in [4.78, 5) is 17.1. The van der Waals surface area contributed by atoms with E-state index in [0.717, 1.165) is 50.0 Å². The van der Waals surface area contributed by atoms with Crippen LogP contribution in [0.5, 0.6) is 0 Å². The summed E-state index contributed by atoms with van der Waals surface area (Å²) in [5.74, 6) is 0.178. The molecule has 1 aliphatic heterocycles. The molecule has 1 saturated heterocycles. The Morgan fingerprint density at radius 3 is 2.31 bits per heavy atom. The van der Waals surface area contributed by atoms with Gasteiger partial charge in [-0.3, -0.25) is 4.79 Å². The molecule has 0 unspecified atom stereocenters. The topological polar surface area (TPSA) is 23.6 Å². The standard InChI is InChI=1S/C23H30N2O/c1-4-14-25(21-11-8-18(2)9-12-21)22-13-10-20(17-19(22)3)23(26)24-15-6-5-7-16-24/h8-13,17H,4-7,14-16H2,1-3H3. The highest BCUT2D eigenvalue weighted by Gasteiger charge is 2.19. The average molecular weight is 351 g/mol. The first-order valence-electron chi connectivity index (χ1n) is 9.84. The van der Waals surface area contributed by atoms with Crippen molar-refractivity contribution in [3.63, 3.8) is 0 Å². The van der Waals surface area contributed by atoms with Gasteiger partial charge in [-0.15, -0.1) is 0 Å². The van der Waals surface area contributed by atoms with Crippen molar-refractivity contribution in [3.05, 3.63) is 59.2 Å². The molecule has 0 spiro atoms. The van der Waals surface area contributed by atoms with Gasteiger partial charge >= 0.3 is 0 Å². The number of likely N-dealkylation sites (tertiary alicyclic amines) is 1. The maximum absolute atomic E-state index is 12.8. The molecule has 1 heterocycles. The van der Waals surface area contributed by atoms with Crippen LogP contribution in [0.25, 0.3) is 0 Å². The number of anilines is 2. The van der Waals surface area contributed by atoms with Crippen LogP contribution >= 0.6 is 0 Å². The lowest BCUT2D eigenvalue weighted by Crippen LogP contribution is -2.35. The maximum Gasteiger partial charge on any atom is 0.253 e. The van der Waals surface area contributed by atoms with Crippen LogP contribution in [0.4, 0.5) is 11.4 Å². The van der Waals surface area contributed by atoms with Crippen molar-refractivity contribution in [2.75, 3.05) is 24.5 Å². The van der Waals surface area contributed by atoms with Crippen molar-refractivity contribution in [1.29, 1.82) is 0 Å². The normalized spacial score (nSPS) is 14.3. The Morgan fingerprint density at radius 2 is 1.69 bits per heavy atom. The Morgan fingerprint density at radius 1 is 1.00 bits per heavy atom.